The van der Waals surface area contributed by atoms with Crippen LogP contribution in [0.5, 0.6) is 0 Å². The summed E-state index contributed by atoms with van der Waals surface area (Å²) in [5, 5.41) is 1.69. The maximum Gasteiger partial charge on any atom is 0.258 e. The summed E-state index contributed by atoms with van der Waals surface area (Å²) in [6, 6.07) is 12.9. The third-order valence-corrected chi connectivity index (χ3v) is 4.41. The molecule has 0 fully saturated rings. The zero-order valence-corrected chi connectivity index (χ0v) is 14.0. The predicted molar refractivity (Wildman–Crippen MR) is 94.0 cm³/mol. The number of H-pyrrole nitrogens is 1. The fourth-order valence-corrected chi connectivity index (χ4v) is 2.86. The van der Waals surface area contributed by atoms with E-state index in [2.05, 4.69) is 9.97 Å². The fraction of sp³-hybridized carbons (Fsp3) is 0.176. The van der Waals surface area contributed by atoms with Crippen molar-refractivity contribution in [1.29, 1.82) is 0 Å². The first-order chi connectivity index (χ1) is 11.0. The molecule has 0 atom stereocenters. The van der Waals surface area contributed by atoms with Gasteiger partial charge in [-0.1, -0.05) is 47.5 Å². The van der Waals surface area contributed by atoms with Gasteiger partial charge >= 0.3 is 0 Å². The standard InChI is InChI=1S/C17H15Cl2N3O/c1-22(9-11-5-4-7-13(18)16(11)19)10-15-20-14-8-3-2-6-12(14)17(23)21-15/h2-8H,9-10H2,1H3,(H,20,21,23). The summed E-state index contributed by atoms with van der Waals surface area (Å²) in [5.41, 5.74) is 1.50. The van der Waals surface area contributed by atoms with Gasteiger partial charge < -0.3 is 4.98 Å². The van der Waals surface area contributed by atoms with E-state index in [9.17, 15) is 4.79 Å². The number of fused-ring (bicyclic) bond motifs is 1. The molecule has 0 saturated heterocycles. The second-order valence-electron chi connectivity index (χ2n) is 5.42. The molecule has 0 unspecified atom stereocenters. The van der Waals surface area contributed by atoms with E-state index < -0.39 is 0 Å². The number of para-hydroxylation sites is 1. The molecular weight excluding hydrogens is 333 g/mol. The molecule has 3 aromatic rings. The molecule has 0 bridgehead atoms. The van der Waals surface area contributed by atoms with Crippen molar-refractivity contribution >= 4 is 34.1 Å². The quantitative estimate of drug-likeness (QED) is 0.779. The Morgan fingerprint density at radius 3 is 2.70 bits per heavy atom. The SMILES string of the molecule is CN(Cc1nc2ccccc2c(=O)[nH]1)Cc1cccc(Cl)c1Cl. The van der Waals surface area contributed by atoms with Crippen molar-refractivity contribution < 1.29 is 0 Å². The number of rotatable bonds is 4. The van der Waals surface area contributed by atoms with Gasteiger partial charge in [0.15, 0.2) is 0 Å². The lowest BCUT2D eigenvalue weighted by atomic mass is 10.2. The number of aromatic nitrogens is 2. The number of halogens is 2. The van der Waals surface area contributed by atoms with Crippen LogP contribution in [0, 0.1) is 0 Å². The van der Waals surface area contributed by atoms with Crippen molar-refractivity contribution in [1.82, 2.24) is 14.9 Å². The first-order valence-corrected chi connectivity index (χ1v) is 7.89. The molecule has 4 nitrogen and oxygen atoms in total. The van der Waals surface area contributed by atoms with Gasteiger partial charge in [0.1, 0.15) is 5.82 Å². The number of nitrogens with one attached hydrogen (secondary N) is 1. The van der Waals surface area contributed by atoms with Crippen LogP contribution < -0.4 is 5.56 Å². The highest BCUT2D eigenvalue weighted by Gasteiger charge is 2.10. The smallest absolute Gasteiger partial charge is 0.258 e. The van der Waals surface area contributed by atoms with Gasteiger partial charge in [-0.25, -0.2) is 4.98 Å². The largest absolute Gasteiger partial charge is 0.309 e. The van der Waals surface area contributed by atoms with E-state index in [4.69, 9.17) is 23.2 Å². The van der Waals surface area contributed by atoms with E-state index in [1.54, 1.807) is 12.1 Å². The van der Waals surface area contributed by atoms with E-state index in [1.807, 2.05) is 42.3 Å². The first kappa shape index (κ1) is 16.0. The normalized spacial score (nSPS) is 11.3. The van der Waals surface area contributed by atoms with Crippen LogP contribution >= 0.6 is 23.2 Å². The van der Waals surface area contributed by atoms with Gasteiger partial charge in [-0.3, -0.25) is 9.69 Å². The van der Waals surface area contributed by atoms with Crippen LogP contribution in [0.4, 0.5) is 0 Å². The molecule has 23 heavy (non-hydrogen) atoms. The fourth-order valence-electron chi connectivity index (χ4n) is 2.48. The molecule has 0 aliphatic carbocycles. The van der Waals surface area contributed by atoms with E-state index in [0.29, 0.717) is 39.9 Å². The third kappa shape index (κ3) is 3.55. The topological polar surface area (TPSA) is 49.0 Å². The maximum absolute atomic E-state index is 12.1. The van der Waals surface area contributed by atoms with Crippen molar-refractivity contribution in [2.75, 3.05) is 7.05 Å². The van der Waals surface area contributed by atoms with Gasteiger partial charge in [0.05, 0.1) is 27.5 Å². The Balaban J connectivity index is 1.81. The van der Waals surface area contributed by atoms with Crippen LogP contribution in [-0.2, 0) is 13.1 Å². The van der Waals surface area contributed by atoms with E-state index in [1.165, 1.54) is 0 Å². The summed E-state index contributed by atoms with van der Waals surface area (Å²) in [6.45, 7) is 1.11. The second-order valence-corrected chi connectivity index (χ2v) is 6.20. The zero-order valence-electron chi connectivity index (χ0n) is 12.5. The second kappa shape index (κ2) is 6.71. The lowest BCUT2D eigenvalue weighted by Crippen LogP contribution is -2.22. The average molecular weight is 348 g/mol. The zero-order chi connectivity index (χ0) is 16.4. The molecule has 1 N–H and O–H groups in total. The number of aromatic amines is 1. The van der Waals surface area contributed by atoms with Crippen molar-refractivity contribution in [3.8, 4) is 0 Å². The van der Waals surface area contributed by atoms with Gasteiger partial charge in [-0.2, -0.15) is 0 Å². The van der Waals surface area contributed by atoms with Crippen LogP contribution in [0.15, 0.2) is 47.3 Å². The van der Waals surface area contributed by atoms with Crippen LogP contribution in [0.2, 0.25) is 10.0 Å². The highest BCUT2D eigenvalue weighted by molar-refractivity contribution is 6.42. The van der Waals surface area contributed by atoms with E-state index >= 15 is 0 Å². The minimum atomic E-state index is -0.125. The molecule has 1 aromatic heterocycles. The van der Waals surface area contributed by atoms with Gasteiger partial charge in [-0.15, -0.1) is 0 Å². The highest BCUT2D eigenvalue weighted by atomic mass is 35.5. The van der Waals surface area contributed by atoms with Crippen LogP contribution in [0.3, 0.4) is 0 Å². The summed E-state index contributed by atoms with van der Waals surface area (Å²) in [5.74, 6) is 0.620. The van der Waals surface area contributed by atoms with Gasteiger partial charge in [0, 0.05) is 6.54 Å². The molecule has 6 heteroatoms. The molecule has 118 valence electrons. The molecule has 3 rings (SSSR count). The Kier molecular flexibility index (Phi) is 4.66. The molecule has 0 spiro atoms. The summed E-state index contributed by atoms with van der Waals surface area (Å²) in [7, 11) is 1.94. The van der Waals surface area contributed by atoms with Crippen molar-refractivity contribution in [3.63, 3.8) is 0 Å². The molecule has 1 heterocycles. The predicted octanol–water partition coefficient (Wildman–Crippen LogP) is 3.86. The Morgan fingerprint density at radius 1 is 1.09 bits per heavy atom. The number of nitrogens with zero attached hydrogens (tertiary/aromatic N) is 2. The van der Waals surface area contributed by atoms with Gasteiger partial charge in [-0.05, 0) is 30.8 Å². The Bertz CT molecular complexity index is 908. The molecule has 2 aromatic carbocycles. The average Bonchev–Trinajstić information content (AvgIpc) is 2.52. The highest BCUT2D eigenvalue weighted by Crippen LogP contribution is 2.26. The lowest BCUT2D eigenvalue weighted by molar-refractivity contribution is 0.311. The monoisotopic (exact) mass is 347 g/mol. The van der Waals surface area contributed by atoms with Crippen molar-refractivity contribution in [3.05, 3.63) is 74.3 Å². The minimum Gasteiger partial charge on any atom is -0.309 e. The summed E-state index contributed by atoms with van der Waals surface area (Å²) in [4.78, 5) is 21.4. The van der Waals surface area contributed by atoms with Crippen LogP contribution in [0.1, 0.15) is 11.4 Å². The maximum atomic E-state index is 12.1. The van der Waals surface area contributed by atoms with E-state index in [-0.39, 0.29) is 5.56 Å². The minimum absolute atomic E-state index is 0.125. The summed E-state index contributed by atoms with van der Waals surface area (Å²) < 4.78 is 0. The van der Waals surface area contributed by atoms with Crippen LogP contribution in [-0.4, -0.2) is 21.9 Å². The van der Waals surface area contributed by atoms with Crippen LogP contribution in [0.25, 0.3) is 10.9 Å². The lowest BCUT2D eigenvalue weighted by Gasteiger charge is -2.17. The summed E-state index contributed by atoms with van der Waals surface area (Å²) in [6.07, 6.45) is 0. The Morgan fingerprint density at radius 2 is 1.87 bits per heavy atom. The molecule has 0 saturated carbocycles. The van der Waals surface area contributed by atoms with Gasteiger partial charge in [0.2, 0.25) is 0 Å². The number of hydrogen-bond acceptors (Lipinski definition) is 3. The number of benzene rings is 2. The molecule has 0 radical (unpaired) electrons. The summed E-state index contributed by atoms with van der Waals surface area (Å²) >= 11 is 12.2. The van der Waals surface area contributed by atoms with Crippen molar-refractivity contribution in [2.45, 2.75) is 13.1 Å². The van der Waals surface area contributed by atoms with E-state index in [0.717, 1.165) is 5.56 Å². The number of hydrogen-bond donors (Lipinski definition) is 1. The Hall–Kier alpha value is -1.88. The molecule has 0 aliphatic heterocycles. The Labute approximate surface area is 143 Å². The molecule has 0 aliphatic rings. The molecule has 0 amide bonds. The molecular formula is C17H15Cl2N3O. The third-order valence-electron chi connectivity index (χ3n) is 3.55. The van der Waals surface area contributed by atoms with Gasteiger partial charge in [0.25, 0.3) is 5.56 Å². The first-order valence-electron chi connectivity index (χ1n) is 7.14. The van der Waals surface area contributed by atoms with Crippen molar-refractivity contribution in [2.24, 2.45) is 0 Å².